The van der Waals surface area contributed by atoms with E-state index in [1.807, 2.05) is 42.5 Å². The summed E-state index contributed by atoms with van der Waals surface area (Å²) in [5.74, 6) is 0.113. The van der Waals surface area contributed by atoms with Crippen molar-refractivity contribution in [2.45, 2.75) is 5.22 Å². The number of rotatable bonds is 4. The van der Waals surface area contributed by atoms with E-state index in [9.17, 15) is 4.79 Å². The minimum Gasteiger partial charge on any atom is -0.430 e. The van der Waals surface area contributed by atoms with Gasteiger partial charge in [-0.2, -0.15) is 4.98 Å². The topological polar surface area (TPSA) is 68.0 Å². The molecule has 0 aliphatic carbocycles. The maximum atomic E-state index is 12.2. The molecule has 118 valence electrons. The summed E-state index contributed by atoms with van der Waals surface area (Å²) in [6.45, 7) is 0. The second-order valence-corrected chi connectivity index (χ2v) is 6.10. The fourth-order valence-electron chi connectivity index (χ4n) is 2.46. The fraction of sp³-hybridized carbons (Fsp3) is 0.0556. The van der Waals surface area contributed by atoms with E-state index in [2.05, 4.69) is 15.3 Å². The number of thioether (sulfide) groups is 1. The number of benzene rings is 2. The zero-order chi connectivity index (χ0) is 16.4. The Hall–Kier alpha value is -2.86. The van der Waals surface area contributed by atoms with Gasteiger partial charge >= 0.3 is 0 Å². The van der Waals surface area contributed by atoms with Gasteiger partial charge in [0.25, 0.3) is 5.22 Å². The Morgan fingerprint density at radius 2 is 1.96 bits per heavy atom. The molecule has 2 aromatic heterocycles. The molecule has 0 bridgehead atoms. The van der Waals surface area contributed by atoms with Gasteiger partial charge in [-0.25, -0.2) is 4.98 Å². The number of carbonyl (C=O) groups is 1. The van der Waals surface area contributed by atoms with Gasteiger partial charge < -0.3 is 9.73 Å². The van der Waals surface area contributed by atoms with Crippen LogP contribution in [0, 0.1) is 0 Å². The Labute approximate surface area is 142 Å². The van der Waals surface area contributed by atoms with Crippen molar-refractivity contribution < 1.29 is 9.21 Å². The molecule has 0 unspecified atom stereocenters. The Balaban J connectivity index is 1.46. The number of oxazole rings is 1. The van der Waals surface area contributed by atoms with Crippen molar-refractivity contribution in [2.24, 2.45) is 0 Å². The first kappa shape index (κ1) is 14.7. The molecule has 0 spiro atoms. The van der Waals surface area contributed by atoms with Crippen LogP contribution in [-0.4, -0.2) is 21.6 Å². The highest BCUT2D eigenvalue weighted by Crippen LogP contribution is 2.25. The first-order valence-electron chi connectivity index (χ1n) is 7.41. The summed E-state index contributed by atoms with van der Waals surface area (Å²) >= 11 is 1.25. The maximum absolute atomic E-state index is 12.2. The van der Waals surface area contributed by atoms with E-state index < -0.39 is 0 Å². The summed E-state index contributed by atoms with van der Waals surface area (Å²) in [6, 6.07) is 17.4. The third-order valence-corrected chi connectivity index (χ3v) is 4.36. The number of anilines is 1. The standard InChI is InChI=1S/C18H13N3O2S/c22-16(11-24-18-21-17-15(23-18)9-4-10-19-17)20-14-8-3-6-12-5-1-2-7-13(12)14/h1-10H,11H2,(H,20,22). The van der Waals surface area contributed by atoms with Crippen molar-refractivity contribution in [2.75, 3.05) is 11.1 Å². The van der Waals surface area contributed by atoms with Gasteiger partial charge in [-0.05, 0) is 23.6 Å². The van der Waals surface area contributed by atoms with Gasteiger partial charge in [0.2, 0.25) is 5.91 Å². The van der Waals surface area contributed by atoms with E-state index in [0.29, 0.717) is 16.5 Å². The molecule has 0 saturated heterocycles. The molecule has 0 saturated carbocycles. The lowest BCUT2D eigenvalue weighted by molar-refractivity contribution is -0.113. The third kappa shape index (κ3) is 2.96. The van der Waals surface area contributed by atoms with Crippen LogP contribution in [0.25, 0.3) is 22.0 Å². The Bertz CT molecular complexity index is 991. The summed E-state index contributed by atoms with van der Waals surface area (Å²) < 4.78 is 5.55. The van der Waals surface area contributed by atoms with Crippen molar-refractivity contribution >= 4 is 45.4 Å². The number of nitrogens with one attached hydrogen (secondary N) is 1. The molecule has 1 N–H and O–H groups in total. The number of pyridine rings is 1. The van der Waals surface area contributed by atoms with Crippen LogP contribution in [0.3, 0.4) is 0 Å². The van der Waals surface area contributed by atoms with Crippen LogP contribution in [0.4, 0.5) is 5.69 Å². The van der Waals surface area contributed by atoms with Gasteiger partial charge in [0.05, 0.1) is 5.75 Å². The van der Waals surface area contributed by atoms with Crippen LogP contribution in [-0.2, 0) is 4.79 Å². The number of nitrogens with zero attached hydrogens (tertiary/aromatic N) is 2. The van der Waals surface area contributed by atoms with Gasteiger partial charge in [0.1, 0.15) is 0 Å². The first-order chi connectivity index (χ1) is 11.8. The van der Waals surface area contributed by atoms with Gasteiger partial charge in [-0.15, -0.1) is 0 Å². The molecule has 0 aliphatic heterocycles. The molecular formula is C18H13N3O2S. The average Bonchev–Trinajstić information content (AvgIpc) is 3.03. The van der Waals surface area contributed by atoms with Crippen LogP contribution in [0.5, 0.6) is 0 Å². The molecule has 6 heteroatoms. The van der Waals surface area contributed by atoms with E-state index >= 15 is 0 Å². The van der Waals surface area contributed by atoms with E-state index in [0.717, 1.165) is 16.5 Å². The van der Waals surface area contributed by atoms with Crippen LogP contribution in [0.15, 0.2) is 70.4 Å². The monoisotopic (exact) mass is 335 g/mol. The second-order valence-electron chi connectivity index (χ2n) is 5.17. The summed E-state index contributed by atoms with van der Waals surface area (Å²) in [4.78, 5) is 20.6. The number of amides is 1. The van der Waals surface area contributed by atoms with Crippen molar-refractivity contribution in [3.8, 4) is 0 Å². The van der Waals surface area contributed by atoms with Crippen LogP contribution < -0.4 is 5.32 Å². The number of hydrogen-bond acceptors (Lipinski definition) is 5. The summed E-state index contributed by atoms with van der Waals surface area (Å²) in [5, 5.41) is 5.49. The molecule has 1 amide bonds. The Kier molecular flexibility index (Phi) is 3.88. The lowest BCUT2D eigenvalue weighted by atomic mass is 10.1. The minimum absolute atomic E-state index is 0.105. The largest absolute Gasteiger partial charge is 0.430 e. The molecule has 24 heavy (non-hydrogen) atoms. The maximum Gasteiger partial charge on any atom is 0.258 e. The lowest BCUT2D eigenvalue weighted by Gasteiger charge is -2.07. The van der Waals surface area contributed by atoms with Gasteiger partial charge in [0.15, 0.2) is 11.2 Å². The predicted octanol–water partition coefficient (Wildman–Crippen LogP) is 4.11. The summed E-state index contributed by atoms with van der Waals surface area (Å²) in [6.07, 6.45) is 1.66. The highest BCUT2D eigenvalue weighted by atomic mass is 32.2. The molecule has 0 radical (unpaired) electrons. The molecule has 4 aromatic rings. The molecule has 2 aromatic carbocycles. The molecule has 5 nitrogen and oxygen atoms in total. The fourth-order valence-corrected chi connectivity index (χ4v) is 3.09. The lowest BCUT2D eigenvalue weighted by Crippen LogP contribution is -2.14. The SMILES string of the molecule is O=C(CSc1nc2ncccc2o1)Nc1cccc2ccccc12. The molecule has 4 rings (SSSR count). The normalized spacial score (nSPS) is 11.0. The molecule has 0 atom stereocenters. The van der Waals surface area contributed by atoms with Crippen LogP contribution in [0.1, 0.15) is 0 Å². The van der Waals surface area contributed by atoms with Crippen molar-refractivity contribution in [1.82, 2.24) is 9.97 Å². The van der Waals surface area contributed by atoms with E-state index in [-0.39, 0.29) is 11.7 Å². The number of aromatic nitrogens is 2. The van der Waals surface area contributed by atoms with Crippen molar-refractivity contribution in [3.05, 3.63) is 60.8 Å². The number of fused-ring (bicyclic) bond motifs is 2. The van der Waals surface area contributed by atoms with E-state index in [4.69, 9.17) is 4.42 Å². The highest BCUT2D eigenvalue weighted by molar-refractivity contribution is 7.99. The summed E-state index contributed by atoms with van der Waals surface area (Å²) in [7, 11) is 0. The molecule has 0 aliphatic rings. The quantitative estimate of drug-likeness (QED) is 0.569. The van der Waals surface area contributed by atoms with Gasteiger partial charge in [-0.3, -0.25) is 4.79 Å². The zero-order valence-electron chi connectivity index (χ0n) is 12.6. The highest BCUT2D eigenvalue weighted by Gasteiger charge is 2.11. The van der Waals surface area contributed by atoms with Crippen LogP contribution in [0.2, 0.25) is 0 Å². The average molecular weight is 335 g/mol. The number of hydrogen-bond donors (Lipinski definition) is 1. The molecular weight excluding hydrogens is 322 g/mol. The summed E-state index contributed by atoms with van der Waals surface area (Å²) in [5.41, 5.74) is 1.97. The van der Waals surface area contributed by atoms with E-state index in [1.165, 1.54) is 11.8 Å². The van der Waals surface area contributed by atoms with Crippen molar-refractivity contribution in [3.63, 3.8) is 0 Å². The Morgan fingerprint density at radius 3 is 2.88 bits per heavy atom. The minimum atomic E-state index is -0.105. The van der Waals surface area contributed by atoms with Crippen LogP contribution >= 0.6 is 11.8 Å². The smallest absolute Gasteiger partial charge is 0.258 e. The number of carbonyl (C=O) groups excluding carboxylic acids is 1. The first-order valence-corrected chi connectivity index (χ1v) is 8.40. The predicted molar refractivity (Wildman–Crippen MR) is 95.1 cm³/mol. The van der Waals surface area contributed by atoms with Gasteiger partial charge in [-0.1, -0.05) is 48.2 Å². The second kappa shape index (κ2) is 6.33. The van der Waals surface area contributed by atoms with Gasteiger partial charge in [0, 0.05) is 17.3 Å². The molecule has 0 fully saturated rings. The van der Waals surface area contributed by atoms with E-state index in [1.54, 1.807) is 18.3 Å². The Morgan fingerprint density at radius 1 is 1.08 bits per heavy atom. The van der Waals surface area contributed by atoms with Crippen molar-refractivity contribution in [1.29, 1.82) is 0 Å². The zero-order valence-corrected chi connectivity index (χ0v) is 13.4. The third-order valence-electron chi connectivity index (χ3n) is 3.54. The molecule has 2 heterocycles.